The van der Waals surface area contributed by atoms with Gasteiger partial charge in [0.25, 0.3) is 0 Å². The fourth-order valence-electron chi connectivity index (χ4n) is 10.2. The number of amidine groups is 1. The first-order valence-electron chi connectivity index (χ1n) is 19.7. The molecule has 2 heteroatoms. The van der Waals surface area contributed by atoms with Crippen LogP contribution in [0.15, 0.2) is 199 Å². The van der Waals surface area contributed by atoms with E-state index in [0.29, 0.717) is 0 Å². The summed E-state index contributed by atoms with van der Waals surface area (Å²) in [6, 6.07) is 69.0. The third-order valence-electron chi connectivity index (χ3n) is 12.6. The van der Waals surface area contributed by atoms with Gasteiger partial charge in [-0.1, -0.05) is 202 Å². The van der Waals surface area contributed by atoms with E-state index in [4.69, 9.17) is 4.99 Å². The molecule has 1 heterocycles. The first-order chi connectivity index (χ1) is 27.5. The molecule has 0 saturated heterocycles. The van der Waals surface area contributed by atoms with E-state index in [2.05, 4.69) is 213 Å². The summed E-state index contributed by atoms with van der Waals surface area (Å²) in [6.45, 7) is 4.77. The topological polar surface area (TPSA) is 24.4 Å². The summed E-state index contributed by atoms with van der Waals surface area (Å²) < 4.78 is 0. The number of rotatable bonds is 4. The van der Waals surface area contributed by atoms with E-state index in [9.17, 15) is 0 Å². The minimum atomic E-state index is -0.437. The summed E-state index contributed by atoms with van der Waals surface area (Å²) in [5.74, 6) is 0.878. The van der Waals surface area contributed by atoms with E-state index < -0.39 is 5.41 Å². The van der Waals surface area contributed by atoms with Crippen molar-refractivity contribution in [2.45, 2.75) is 30.7 Å². The third-order valence-corrected chi connectivity index (χ3v) is 12.6. The predicted molar refractivity (Wildman–Crippen MR) is 232 cm³/mol. The molecule has 3 aliphatic rings. The molecule has 0 amide bonds. The van der Waals surface area contributed by atoms with Gasteiger partial charge in [-0.2, -0.15) is 0 Å². The highest BCUT2D eigenvalue weighted by molar-refractivity contribution is 6.16. The van der Waals surface area contributed by atoms with Gasteiger partial charge in [0.15, 0.2) is 0 Å². The Morgan fingerprint density at radius 2 is 0.946 bits per heavy atom. The summed E-state index contributed by atoms with van der Waals surface area (Å²) in [6.07, 6.45) is 2.24. The van der Waals surface area contributed by atoms with Crippen LogP contribution < -0.4 is 5.32 Å². The molecule has 8 aromatic rings. The Labute approximate surface area is 328 Å². The Hall–Kier alpha value is -6.77. The lowest BCUT2D eigenvalue weighted by molar-refractivity contribution is 0.563. The molecule has 0 aromatic heterocycles. The van der Waals surface area contributed by atoms with Gasteiger partial charge in [-0.25, -0.2) is 0 Å². The quantitative estimate of drug-likeness (QED) is 0.193. The Bertz CT molecular complexity index is 2860. The van der Waals surface area contributed by atoms with Crippen LogP contribution in [0.3, 0.4) is 0 Å². The van der Waals surface area contributed by atoms with Gasteiger partial charge < -0.3 is 5.32 Å². The van der Waals surface area contributed by atoms with E-state index in [0.717, 1.165) is 22.7 Å². The van der Waals surface area contributed by atoms with Gasteiger partial charge in [0, 0.05) is 16.7 Å². The van der Waals surface area contributed by atoms with E-state index >= 15 is 0 Å². The number of nitrogens with zero attached hydrogens (tertiary/aromatic N) is 1. The third kappa shape index (κ3) is 4.59. The molecule has 266 valence electrons. The fourth-order valence-corrected chi connectivity index (χ4v) is 10.2. The summed E-state index contributed by atoms with van der Waals surface area (Å²) in [5.41, 5.74) is 17.2. The second kappa shape index (κ2) is 12.4. The number of fused-ring (bicyclic) bond motifs is 10. The van der Waals surface area contributed by atoms with E-state index in [1.54, 1.807) is 0 Å². The SMILES string of the molecule is CC1(C)c2ccccc2C2(c3ccccc3-c3c(-c4ccc(C5=NC(c6ccccc6)C=C(c6ccccc6)N5)c5ccccc45)cccc32)c2ccccc21. The molecule has 0 saturated carbocycles. The van der Waals surface area contributed by atoms with Crippen LogP contribution in [0.2, 0.25) is 0 Å². The number of nitrogens with one attached hydrogen (secondary N) is 1. The summed E-state index contributed by atoms with van der Waals surface area (Å²) in [5, 5.41) is 6.15. The largest absolute Gasteiger partial charge is 0.340 e. The molecule has 8 aromatic carbocycles. The molecule has 0 fully saturated rings. The van der Waals surface area contributed by atoms with Crippen molar-refractivity contribution in [3.63, 3.8) is 0 Å². The minimum absolute atomic E-state index is 0.114. The maximum Gasteiger partial charge on any atom is 0.134 e. The second-order valence-electron chi connectivity index (χ2n) is 15.9. The van der Waals surface area contributed by atoms with E-state index in [1.807, 2.05) is 0 Å². The zero-order valence-corrected chi connectivity index (χ0v) is 31.5. The Kier molecular flexibility index (Phi) is 7.21. The van der Waals surface area contributed by atoms with Crippen LogP contribution >= 0.6 is 0 Å². The molecule has 1 spiro atoms. The highest BCUT2D eigenvalue weighted by Gasteiger charge is 2.53. The lowest BCUT2D eigenvalue weighted by Crippen LogP contribution is -2.40. The van der Waals surface area contributed by atoms with Crippen LogP contribution in [0.25, 0.3) is 38.7 Å². The summed E-state index contributed by atoms with van der Waals surface area (Å²) >= 11 is 0. The first kappa shape index (κ1) is 32.6. The normalized spacial score (nSPS) is 16.9. The van der Waals surface area contributed by atoms with E-state index in [1.165, 1.54) is 72.0 Å². The molecule has 56 heavy (non-hydrogen) atoms. The van der Waals surface area contributed by atoms with Gasteiger partial charge in [-0.15, -0.1) is 0 Å². The first-order valence-corrected chi connectivity index (χ1v) is 19.7. The number of hydrogen-bond donors (Lipinski definition) is 1. The molecular formula is C54H40N2. The van der Waals surface area contributed by atoms with Gasteiger partial charge in [0.05, 0.1) is 11.5 Å². The Morgan fingerprint density at radius 1 is 0.429 bits per heavy atom. The maximum atomic E-state index is 5.38. The lowest BCUT2D eigenvalue weighted by Gasteiger charge is -2.46. The standard InChI is InChI=1S/C54H40N2/c1-53(2)44-27-13-15-29-46(44)54(47-30-16-14-28-45(47)53)43-26-12-11-24-42(43)51-40(25-17-31-48(51)54)39-32-33-41(38-23-10-9-22-37(38)39)52-55-49(35-18-5-3-6-19-35)34-50(56-52)36-20-7-4-8-21-36/h3-34,49H,1-2H3,(H,55,56). The lowest BCUT2D eigenvalue weighted by atomic mass is 9.55. The van der Waals surface area contributed by atoms with Crippen LogP contribution in [0.1, 0.15) is 70.0 Å². The molecule has 1 N–H and O–H groups in total. The molecular weight excluding hydrogens is 677 g/mol. The molecule has 2 nitrogen and oxygen atoms in total. The number of benzene rings is 8. The minimum Gasteiger partial charge on any atom is -0.340 e. The number of hydrogen-bond acceptors (Lipinski definition) is 2. The van der Waals surface area contributed by atoms with Crippen LogP contribution in [0.5, 0.6) is 0 Å². The highest BCUT2D eigenvalue weighted by Crippen LogP contribution is 2.63. The summed E-state index contributed by atoms with van der Waals surface area (Å²) in [7, 11) is 0. The van der Waals surface area contributed by atoms with Crippen LogP contribution in [0, 0.1) is 0 Å². The van der Waals surface area contributed by atoms with Crippen molar-refractivity contribution in [3.05, 3.63) is 244 Å². The van der Waals surface area contributed by atoms with Crippen molar-refractivity contribution >= 4 is 22.3 Å². The van der Waals surface area contributed by atoms with Gasteiger partial charge in [-0.3, -0.25) is 4.99 Å². The zero-order valence-electron chi connectivity index (χ0n) is 31.5. The molecule has 1 unspecified atom stereocenters. The van der Waals surface area contributed by atoms with Gasteiger partial charge in [0.1, 0.15) is 5.84 Å². The molecule has 0 bridgehead atoms. The summed E-state index contributed by atoms with van der Waals surface area (Å²) in [4.78, 5) is 5.38. The van der Waals surface area contributed by atoms with Gasteiger partial charge in [0.2, 0.25) is 0 Å². The number of aliphatic imine (C=N–C) groups is 1. The Morgan fingerprint density at radius 3 is 1.64 bits per heavy atom. The van der Waals surface area contributed by atoms with Gasteiger partial charge >= 0.3 is 0 Å². The Balaban J connectivity index is 1.13. The fraction of sp³-hybridized carbons (Fsp3) is 0.0926. The van der Waals surface area contributed by atoms with Crippen molar-refractivity contribution in [1.29, 1.82) is 0 Å². The van der Waals surface area contributed by atoms with Crippen molar-refractivity contribution in [3.8, 4) is 22.3 Å². The van der Waals surface area contributed by atoms with Crippen LogP contribution in [0.4, 0.5) is 0 Å². The zero-order chi connectivity index (χ0) is 37.4. The molecule has 1 atom stereocenters. The monoisotopic (exact) mass is 716 g/mol. The van der Waals surface area contributed by atoms with Crippen molar-refractivity contribution in [2.75, 3.05) is 0 Å². The average Bonchev–Trinajstić information content (AvgIpc) is 3.57. The molecule has 1 aliphatic heterocycles. The van der Waals surface area contributed by atoms with Gasteiger partial charge in [-0.05, 0) is 83.6 Å². The van der Waals surface area contributed by atoms with Crippen molar-refractivity contribution in [2.24, 2.45) is 4.99 Å². The smallest absolute Gasteiger partial charge is 0.134 e. The van der Waals surface area contributed by atoms with Crippen molar-refractivity contribution < 1.29 is 0 Å². The average molecular weight is 717 g/mol. The molecule has 11 rings (SSSR count). The van der Waals surface area contributed by atoms with Crippen LogP contribution in [-0.4, -0.2) is 5.84 Å². The highest BCUT2D eigenvalue weighted by atomic mass is 15.0. The predicted octanol–water partition coefficient (Wildman–Crippen LogP) is 12.6. The maximum absolute atomic E-state index is 5.38. The molecule has 0 radical (unpaired) electrons. The van der Waals surface area contributed by atoms with Crippen molar-refractivity contribution in [1.82, 2.24) is 5.32 Å². The van der Waals surface area contributed by atoms with E-state index in [-0.39, 0.29) is 11.5 Å². The molecule has 2 aliphatic carbocycles. The van der Waals surface area contributed by atoms with Crippen LogP contribution in [-0.2, 0) is 10.8 Å². The second-order valence-corrected chi connectivity index (χ2v) is 15.9.